The minimum atomic E-state index is -0.787. The van der Waals surface area contributed by atoms with Gasteiger partial charge < -0.3 is 15.4 Å². The van der Waals surface area contributed by atoms with E-state index in [1.165, 1.54) is 0 Å². The Morgan fingerprint density at radius 2 is 1.85 bits per heavy atom. The first-order valence-electron chi connectivity index (χ1n) is 11.0. The molecule has 5 nitrogen and oxygen atoms in total. The molecule has 0 spiro atoms. The van der Waals surface area contributed by atoms with Crippen molar-refractivity contribution in [2.45, 2.75) is 33.4 Å². The van der Waals surface area contributed by atoms with E-state index in [-0.39, 0.29) is 11.5 Å². The predicted octanol–water partition coefficient (Wildman–Crippen LogP) is 6.41. The maximum atomic E-state index is 14.0. The van der Waals surface area contributed by atoms with Gasteiger partial charge >= 0.3 is 0 Å². The summed E-state index contributed by atoms with van der Waals surface area (Å²) >= 11 is 12.5. The summed E-state index contributed by atoms with van der Waals surface area (Å²) in [7, 11) is 0. The third-order valence-electron chi connectivity index (χ3n) is 6.02. The third kappa shape index (κ3) is 5.02. The van der Waals surface area contributed by atoms with Gasteiger partial charge in [0.25, 0.3) is 0 Å². The molecule has 0 aliphatic carbocycles. The molecule has 0 radical (unpaired) electrons. The standard InChI is InChI=1S/C25H27Cl2FN4O/c1-15-6-3-7-16(2)23(15)33-14-17-8-5-11-32(13-17)25-30-20(12-28)21(24(29)31-25)18-9-4-10-19(26)22(18)27/h3-4,6-7,9-10,17H,5,8,11-14H2,1-2H3,(H2,29,30,31). The molecule has 8 heteroatoms. The van der Waals surface area contributed by atoms with Crippen LogP contribution < -0.4 is 15.4 Å². The molecule has 1 unspecified atom stereocenters. The summed E-state index contributed by atoms with van der Waals surface area (Å²) in [4.78, 5) is 11.1. The third-order valence-corrected chi connectivity index (χ3v) is 6.84. The van der Waals surface area contributed by atoms with Crippen LogP contribution in [0.5, 0.6) is 5.75 Å². The van der Waals surface area contributed by atoms with Crippen molar-refractivity contribution in [1.29, 1.82) is 0 Å². The molecule has 4 rings (SSSR count). The average Bonchev–Trinajstić information content (AvgIpc) is 2.80. The van der Waals surface area contributed by atoms with E-state index < -0.39 is 6.67 Å². The smallest absolute Gasteiger partial charge is 0.227 e. The monoisotopic (exact) mass is 488 g/mol. The minimum absolute atomic E-state index is 0.186. The molecule has 2 heterocycles. The van der Waals surface area contributed by atoms with Crippen molar-refractivity contribution in [1.82, 2.24) is 9.97 Å². The molecule has 2 aromatic carbocycles. The highest BCUT2D eigenvalue weighted by Crippen LogP contribution is 2.38. The summed E-state index contributed by atoms with van der Waals surface area (Å²) in [6.07, 6.45) is 2.01. The van der Waals surface area contributed by atoms with Crippen molar-refractivity contribution in [2.75, 3.05) is 30.3 Å². The van der Waals surface area contributed by atoms with E-state index in [4.69, 9.17) is 33.7 Å². The first-order chi connectivity index (χ1) is 15.9. The zero-order chi connectivity index (χ0) is 23.5. The van der Waals surface area contributed by atoms with Crippen LogP contribution in [0.2, 0.25) is 10.0 Å². The highest BCUT2D eigenvalue weighted by molar-refractivity contribution is 6.43. The van der Waals surface area contributed by atoms with E-state index in [0.29, 0.717) is 46.2 Å². The van der Waals surface area contributed by atoms with Gasteiger partial charge in [-0.1, -0.05) is 53.5 Å². The molecule has 1 fully saturated rings. The predicted molar refractivity (Wildman–Crippen MR) is 133 cm³/mol. The Kier molecular flexibility index (Phi) is 7.25. The quantitative estimate of drug-likeness (QED) is 0.433. The minimum Gasteiger partial charge on any atom is -0.493 e. The SMILES string of the molecule is Cc1cccc(C)c1OCC1CCCN(c2nc(N)c(-c3cccc(Cl)c3Cl)c(CF)n2)C1. The van der Waals surface area contributed by atoms with Crippen LogP contribution in [0.15, 0.2) is 36.4 Å². The first-order valence-corrected chi connectivity index (χ1v) is 11.7. The molecule has 1 aliphatic heterocycles. The summed E-state index contributed by atoms with van der Waals surface area (Å²) in [5, 5.41) is 0.670. The molecule has 0 amide bonds. The van der Waals surface area contributed by atoms with Crippen molar-refractivity contribution in [3.8, 4) is 16.9 Å². The van der Waals surface area contributed by atoms with E-state index in [0.717, 1.165) is 36.3 Å². The zero-order valence-electron chi connectivity index (χ0n) is 18.7. The number of anilines is 2. The molecule has 1 aromatic heterocycles. The number of ether oxygens (including phenoxy) is 1. The number of halogens is 3. The van der Waals surface area contributed by atoms with Gasteiger partial charge in [0.05, 0.1) is 22.3 Å². The summed E-state index contributed by atoms with van der Waals surface area (Å²) in [6, 6.07) is 11.3. The Balaban J connectivity index is 1.55. The van der Waals surface area contributed by atoms with E-state index >= 15 is 0 Å². The number of hydrogen-bond donors (Lipinski definition) is 1. The number of rotatable bonds is 6. The lowest BCUT2D eigenvalue weighted by Gasteiger charge is -2.33. The van der Waals surface area contributed by atoms with E-state index in [1.54, 1.807) is 18.2 Å². The Bertz CT molecular complexity index is 1140. The Morgan fingerprint density at radius 3 is 2.58 bits per heavy atom. The number of nitrogen functional groups attached to an aromatic ring is 1. The average molecular weight is 489 g/mol. The largest absolute Gasteiger partial charge is 0.493 e. The summed E-state index contributed by atoms with van der Waals surface area (Å²) in [5.74, 6) is 1.86. The van der Waals surface area contributed by atoms with Gasteiger partial charge in [0.1, 0.15) is 18.2 Å². The van der Waals surface area contributed by atoms with Gasteiger partial charge in [-0.2, -0.15) is 4.98 Å². The summed E-state index contributed by atoms with van der Waals surface area (Å²) < 4.78 is 20.2. The van der Waals surface area contributed by atoms with E-state index in [2.05, 4.69) is 40.8 Å². The molecule has 33 heavy (non-hydrogen) atoms. The van der Waals surface area contributed by atoms with Crippen LogP contribution in [0, 0.1) is 19.8 Å². The molecular weight excluding hydrogens is 462 g/mol. The van der Waals surface area contributed by atoms with E-state index in [9.17, 15) is 4.39 Å². The van der Waals surface area contributed by atoms with Gasteiger partial charge in [-0.3, -0.25) is 0 Å². The van der Waals surface area contributed by atoms with Gasteiger partial charge in [-0.25, -0.2) is 9.37 Å². The molecule has 1 atom stereocenters. The lowest BCUT2D eigenvalue weighted by atomic mass is 9.99. The number of para-hydroxylation sites is 1. The zero-order valence-corrected chi connectivity index (χ0v) is 20.3. The normalized spacial score (nSPS) is 16.2. The van der Waals surface area contributed by atoms with Crippen molar-refractivity contribution in [2.24, 2.45) is 5.92 Å². The first kappa shape index (κ1) is 23.6. The second kappa shape index (κ2) is 10.1. The van der Waals surface area contributed by atoms with Crippen LogP contribution >= 0.6 is 23.2 Å². The highest BCUT2D eigenvalue weighted by Gasteiger charge is 2.25. The lowest BCUT2D eigenvalue weighted by molar-refractivity contribution is 0.226. The molecule has 2 N–H and O–H groups in total. The number of nitrogens with zero attached hydrogens (tertiary/aromatic N) is 3. The van der Waals surface area contributed by atoms with Crippen LogP contribution in [-0.2, 0) is 6.67 Å². The number of aryl methyl sites for hydroxylation is 2. The van der Waals surface area contributed by atoms with Gasteiger partial charge in [-0.05, 0) is 43.9 Å². The Morgan fingerprint density at radius 1 is 1.12 bits per heavy atom. The second-order valence-corrected chi connectivity index (χ2v) is 9.24. The number of nitrogens with two attached hydrogens (primary N) is 1. The number of aromatic nitrogens is 2. The van der Waals surface area contributed by atoms with Crippen molar-refractivity contribution in [3.05, 3.63) is 63.3 Å². The molecule has 1 aliphatic rings. The highest BCUT2D eigenvalue weighted by atomic mass is 35.5. The number of piperidine rings is 1. The number of alkyl halides is 1. The maximum absolute atomic E-state index is 14.0. The second-order valence-electron chi connectivity index (χ2n) is 8.45. The van der Waals surface area contributed by atoms with Crippen LogP contribution in [0.1, 0.15) is 29.7 Å². The van der Waals surface area contributed by atoms with Gasteiger partial charge in [-0.15, -0.1) is 0 Å². The maximum Gasteiger partial charge on any atom is 0.227 e. The molecule has 0 saturated carbocycles. The van der Waals surface area contributed by atoms with Crippen LogP contribution in [-0.4, -0.2) is 29.7 Å². The Hall–Kier alpha value is -2.57. The molecule has 1 saturated heterocycles. The fourth-order valence-electron chi connectivity index (χ4n) is 4.35. The fraction of sp³-hybridized carbons (Fsp3) is 0.360. The van der Waals surface area contributed by atoms with Crippen molar-refractivity contribution in [3.63, 3.8) is 0 Å². The van der Waals surface area contributed by atoms with Crippen LogP contribution in [0.25, 0.3) is 11.1 Å². The van der Waals surface area contributed by atoms with Gasteiger partial charge in [0.15, 0.2) is 0 Å². The van der Waals surface area contributed by atoms with Crippen LogP contribution in [0.4, 0.5) is 16.2 Å². The fourth-order valence-corrected chi connectivity index (χ4v) is 4.75. The molecular formula is C25H27Cl2FN4O. The van der Waals surface area contributed by atoms with Gasteiger partial charge in [0, 0.05) is 30.1 Å². The Labute approximate surface area is 203 Å². The topological polar surface area (TPSA) is 64.3 Å². The number of hydrogen-bond acceptors (Lipinski definition) is 5. The molecule has 3 aromatic rings. The lowest BCUT2D eigenvalue weighted by Crippen LogP contribution is -2.39. The molecule has 174 valence electrons. The van der Waals surface area contributed by atoms with Gasteiger partial charge in [0.2, 0.25) is 5.95 Å². The summed E-state index contributed by atoms with van der Waals surface area (Å²) in [5.41, 5.74) is 9.66. The van der Waals surface area contributed by atoms with Crippen LogP contribution in [0.3, 0.4) is 0 Å². The molecule has 0 bridgehead atoms. The number of benzene rings is 2. The van der Waals surface area contributed by atoms with Crippen molar-refractivity contribution >= 4 is 35.0 Å². The summed E-state index contributed by atoms with van der Waals surface area (Å²) in [6.45, 7) is 5.42. The van der Waals surface area contributed by atoms with E-state index in [1.807, 2.05) is 6.07 Å². The van der Waals surface area contributed by atoms with Crippen molar-refractivity contribution < 1.29 is 9.13 Å².